The van der Waals surface area contributed by atoms with Crippen molar-refractivity contribution >= 4 is 16.6 Å². The van der Waals surface area contributed by atoms with Gasteiger partial charge in [0.2, 0.25) is 0 Å². The molecule has 1 aliphatic heterocycles. The first-order valence-electron chi connectivity index (χ1n) is 12.9. The number of hydrogen-bond acceptors (Lipinski definition) is 3. The average Bonchev–Trinajstić information content (AvgIpc) is 3.49. The maximum Gasteiger partial charge on any atom is 0.418 e. The van der Waals surface area contributed by atoms with E-state index in [1.807, 2.05) is 12.1 Å². The zero-order chi connectivity index (χ0) is 28.2. The quantitative estimate of drug-likeness (QED) is 0.246. The number of alkyl halides is 3. The molecule has 1 aromatic heterocycles. The summed E-state index contributed by atoms with van der Waals surface area (Å²) in [5.74, 6) is -1.64. The van der Waals surface area contributed by atoms with Gasteiger partial charge in [0.25, 0.3) is 0 Å². The van der Waals surface area contributed by atoms with Crippen molar-refractivity contribution in [3.05, 3.63) is 94.9 Å². The average molecular weight is 541 g/mol. The van der Waals surface area contributed by atoms with Gasteiger partial charge in [-0.25, -0.2) is 4.39 Å². The van der Waals surface area contributed by atoms with Crippen LogP contribution in [0.15, 0.2) is 66.7 Å². The van der Waals surface area contributed by atoms with Crippen molar-refractivity contribution in [3.8, 4) is 5.75 Å². The number of halogens is 4. The number of para-hydroxylation sites is 2. The van der Waals surface area contributed by atoms with E-state index >= 15 is 13.2 Å². The summed E-state index contributed by atoms with van der Waals surface area (Å²) >= 11 is 0. The standard InChI is InChI=1S/C31H32F4N2O2/c1-29(2,23-17-21(32)15-20-13-14-39-28(20)23)18-30(38,31(33,34)35)27(22-10-6-8-12-26(22)37(3)4)25-16-19-9-5-7-11-24(19)36-25/h5-12,15-17,27,36,38H,13-14,18H2,1-4H3. The van der Waals surface area contributed by atoms with Gasteiger partial charge in [0, 0.05) is 48.5 Å². The van der Waals surface area contributed by atoms with Gasteiger partial charge in [-0.2, -0.15) is 13.2 Å². The highest BCUT2D eigenvalue weighted by atomic mass is 19.4. The molecular weight excluding hydrogens is 508 g/mol. The number of benzene rings is 3. The van der Waals surface area contributed by atoms with Crippen LogP contribution in [0.4, 0.5) is 23.2 Å². The van der Waals surface area contributed by atoms with Crippen molar-refractivity contribution < 1.29 is 27.4 Å². The van der Waals surface area contributed by atoms with Crippen LogP contribution in [0.5, 0.6) is 5.75 Å². The largest absolute Gasteiger partial charge is 0.493 e. The number of nitrogens with one attached hydrogen (secondary N) is 1. The Balaban J connectivity index is 1.74. The van der Waals surface area contributed by atoms with E-state index < -0.39 is 35.3 Å². The molecule has 1 aliphatic rings. The second-order valence-corrected chi connectivity index (χ2v) is 11.2. The van der Waals surface area contributed by atoms with E-state index in [9.17, 15) is 9.50 Å². The number of aromatic amines is 1. The van der Waals surface area contributed by atoms with Crippen molar-refractivity contribution in [2.75, 3.05) is 25.6 Å². The Morgan fingerprint density at radius 1 is 1.00 bits per heavy atom. The Labute approximate surface area is 225 Å². The molecule has 2 N–H and O–H groups in total. The molecule has 4 aromatic rings. The lowest BCUT2D eigenvalue weighted by Gasteiger charge is -2.43. The molecule has 4 nitrogen and oxygen atoms in total. The Morgan fingerprint density at radius 3 is 2.38 bits per heavy atom. The summed E-state index contributed by atoms with van der Waals surface area (Å²) in [6, 6.07) is 18.3. The lowest BCUT2D eigenvalue weighted by atomic mass is 9.67. The molecule has 2 heterocycles. The molecule has 0 saturated heterocycles. The van der Waals surface area contributed by atoms with Crippen LogP contribution in [-0.4, -0.2) is 42.6 Å². The van der Waals surface area contributed by atoms with Crippen LogP contribution in [0.3, 0.4) is 0 Å². The molecule has 8 heteroatoms. The second-order valence-electron chi connectivity index (χ2n) is 11.2. The van der Waals surface area contributed by atoms with Crippen LogP contribution in [0.25, 0.3) is 10.9 Å². The van der Waals surface area contributed by atoms with Gasteiger partial charge in [0.05, 0.1) is 12.5 Å². The van der Waals surface area contributed by atoms with Crippen LogP contribution < -0.4 is 9.64 Å². The van der Waals surface area contributed by atoms with E-state index in [4.69, 9.17) is 4.74 Å². The molecule has 0 spiro atoms. The first-order valence-corrected chi connectivity index (χ1v) is 12.9. The number of fused-ring (bicyclic) bond motifs is 2. The smallest absolute Gasteiger partial charge is 0.418 e. The van der Waals surface area contributed by atoms with Crippen molar-refractivity contribution in [1.29, 1.82) is 0 Å². The summed E-state index contributed by atoms with van der Waals surface area (Å²) in [7, 11) is 3.51. The van der Waals surface area contributed by atoms with Gasteiger partial charge in [-0.3, -0.25) is 0 Å². The fourth-order valence-corrected chi connectivity index (χ4v) is 5.98. The number of rotatable bonds is 7. The van der Waals surface area contributed by atoms with E-state index in [1.165, 1.54) is 12.1 Å². The van der Waals surface area contributed by atoms with Crippen molar-refractivity contribution in [2.24, 2.45) is 0 Å². The highest BCUT2D eigenvalue weighted by Crippen LogP contribution is 2.54. The Kier molecular flexibility index (Phi) is 6.66. The minimum Gasteiger partial charge on any atom is -0.493 e. The third kappa shape index (κ3) is 4.75. The molecule has 0 radical (unpaired) electrons. The summed E-state index contributed by atoms with van der Waals surface area (Å²) in [6.07, 6.45) is -5.29. The highest BCUT2D eigenvalue weighted by Gasteiger charge is 2.62. The van der Waals surface area contributed by atoms with E-state index in [0.717, 1.165) is 5.39 Å². The first-order chi connectivity index (χ1) is 18.3. The number of anilines is 1. The number of H-pyrrole nitrogens is 1. The minimum atomic E-state index is -5.04. The van der Waals surface area contributed by atoms with Gasteiger partial charge in [0.1, 0.15) is 11.6 Å². The van der Waals surface area contributed by atoms with Crippen molar-refractivity contribution in [3.63, 3.8) is 0 Å². The summed E-state index contributed by atoms with van der Waals surface area (Å²) in [5.41, 5.74) is -1.82. The number of ether oxygens (including phenoxy) is 1. The molecule has 0 aliphatic carbocycles. The summed E-state index contributed by atoms with van der Waals surface area (Å²) in [6.45, 7) is 3.53. The molecular formula is C31H32F4N2O2. The van der Waals surface area contributed by atoms with Gasteiger partial charge in [-0.15, -0.1) is 0 Å². The number of hydrogen-bond donors (Lipinski definition) is 2. The molecule has 2 unspecified atom stereocenters. The zero-order valence-electron chi connectivity index (χ0n) is 22.4. The minimum absolute atomic E-state index is 0.238. The Hall–Kier alpha value is -3.52. The Bertz CT molecular complexity index is 1480. The maximum atomic E-state index is 15.3. The van der Waals surface area contributed by atoms with E-state index in [-0.39, 0.29) is 5.69 Å². The molecule has 0 fully saturated rings. The maximum absolute atomic E-state index is 15.3. The van der Waals surface area contributed by atoms with E-state index in [0.29, 0.717) is 46.7 Å². The first kappa shape index (κ1) is 27.1. The van der Waals surface area contributed by atoms with Gasteiger partial charge < -0.3 is 19.7 Å². The van der Waals surface area contributed by atoms with Gasteiger partial charge in [-0.05, 0) is 53.1 Å². The van der Waals surface area contributed by atoms with Gasteiger partial charge in [-0.1, -0.05) is 50.2 Å². The fourth-order valence-electron chi connectivity index (χ4n) is 5.98. The van der Waals surface area contributed by atoms with Gasteiger partial charge in [0.15, 0.2) is 5.60 Å². The highest BCUT2D eigenvalue weighted by molar-refractivity contribution is 5.81. The van der Waals surface area contributed by atoms with Gasteiger partial charge >= 0.3 is 6.18 Å². The monoisotopic (exact) mass is 540 g/mol. The fraction of sp³-hybridized carbons (Fsp3) is 0.355. The van der Waals surface area contributed by atoms with Crippen LogP contribution in [0, 0.1) is 5.82 Å². The normalized spacial score (nSPS) is 16.0. The molecule has 5 rings (SSSR count). The zero-order valence-corrected chi connectivity index (χ0v) is 22.4. The van der Waals surface area contributed by atoms with Crippen LogP contribution in [-0.2, 0) is 11.8 Å². The SMILES string of the molecule is CN(C)c1ccccc1C(c1cc2ccccc2[nH]1)C(O)(CC(C)(C)c1cc(F)cc2c1OCC2)C(F)(F)F. The molecule has 0 amide bonds. The molecule has 206 valence electrons. The Morgan fingerprint density at radius 2 is 1.69 bits per heavy atom. The predicted octanol–water partition coefficient (Wildman–Crippen LogP) is 7.10. The van der Waals surface area contributed by atoms with Crippen LogP contribution in [0.1, 0.15) is 48.6 Å². The van der Waals surface area contributed by atoms with Crippen LogP contribution >= 0.6 is 0 Å². The molecule has 0 bridgehead atoms. The summed E-state index contributed by atoms with van der Waals surface area (Å²) in [5, 5.41) is 12.8. The van der Waals surface area contributed by atoms with Crippen LogP contribution in [0.2, 0.25) is 0 Å². The molecule has 3 aromatic carbocycles. The number of aliphatic hydroxyl groups is 1. The number of aromatic nitrogens is 1. The topological polar surface area (TPSA) is 48.5 Å². The molecule has 2 atom stereocenters. The summed E-state index contributed by atoms with van der Waals surface area (Å²) in [4.78, 5) is 4.89. The lowest BCUT2D eigenvalue weighted by Crippen LogP contribution is -2.54. The lowest BCUT2D eigenvalue weighted by molar-refractivity contribution is -0.272. The van der Waals surface area contributed by atoms with E-state index in [1.54, 1.807) is 75.3 Å². The molecule has 39 heavy (non-hydrogen) atoms. The third-order valence-corrected chi connectivity index (χ3v) is 7.75. The molecule has 0 saturated carbocycles. The van der Waals surface area contributed by atoms with E-state index in [2.05, 4.69) is 4.98 Å². The third-order valence-electron chi connectivity index (χ3n) is 7.75. The number of nitrogens with zero attached hydrogens (tertiary/aromatic N) is 1. The van der Waals surface area contributed by atoms with Crippen molar-refractivity contribution in [1.82, 2.24) is 4.98 Å². The summed E-state index contributed by atoms with van der Waals surface area (Å²) < 4.78 is 66.4. The second kappa shape index (κ2) is 9.59. The predicted molar refractivity (Wildman–Crippen MR) is 145 cm³/mol. The van der Waals surface area contributed by atoms with Crippen molar-refractivity contribution in [2.45, 2.75) is 49.8 Å².